The molecule has 1 aromatic heterocycles. The van der Waals surface area contributed by atoms with Crippen LogP contribution in [-0.2, 0) is 6.18 Å². The molecule has 0 fully saturated rings. The largest absolute Gasteiger partial charge is 0.482 e. The van der Waals surface area contributed by atoms with Crippen LogP contribution in [0.25, 0.3) is 0 Å². The summed E-state index contributed by atoms with van der Waals surface area (Å²) in [7, 11) is 0. The topological polar surface area (TPSA) is 51.2 Å². The number of pyridine rings is 1. The summed E-state index contributed by atoms with van der Waals surface area (Å²) < 4.78 is 79.9. The van der Waals surface area contributed by atoms with Gasteiger partial charge in [-0.3, -0.25) is 9.78 Å². The van der Waals surface area contributed by atoms with E-state index in [9.17, 15) is 31.1 Å². The number of carbonyl (C=O) groups is 1. The van der Waals surface area contributed by atoms with Crippen LogP contribution in [0.3, 0.4) is 0 Å². The van der Waals surface area contributed by atoms with Gasteiger partial charge in [0.15, 0.2) is 6.61 Å². The van der Waals surface area contributed by atoms with Crippen LogP contribution in [0.4, 0.5) is 32.0 Å². The van der Waals surface area contributed by atoms with E-state index in [1.807, 2.05) is 0 Å². The highest BCUT2D eigenvalue weighted by Crippen LogP contribution is 2.35. The first-order valence-corrected chi connectivity index (χ1v) is 7.10. The van der Waals surface area contributed by atoms with Crippen LogP contribution in [0.2, 0.25) is 0 Å². The lowest BCUT2D eigenvalue weighted by Gasteiger charge is -2.16. The van der Waals surface area contributed by atoms with Crippen LogP contribution in [0, 0.1) is 6.92 Å². The number of ether oxygens (including phenoxy) is 1. The average molecular weight is 378 g/mol. The molecule has 1 aromatic carbocycles. The molecular formula is C16H12F6N2O2. The van der Waals surface area contributed by atoms with E-state index in [-0.39, 0.29) is 5.56 Å². The fraction of sp³-hybridized carbons (Fsp3) is 0.250. The molecule has 0 spiro atoms. The zero-order chi connectivity index (χ0) is 19.5. The number of hydrogen-bond acceptors (Lipinski definition) is 3. The van der Waals surface area contributed by atoms with Gasteiger partial charge in [0.2, 0.25) is 0 Å². The smallest absolute Gasteiger partial charge is 0.422 e. The number of anilines is 1. The highest BCUT2D eigenvalue weighted by atomic mass is 19.4. The Bertz CT molecular complexity index is 785. The van der Waals surface area contributed by atoms with Gasteiger partial charge in [-0.1, -0.05) is 0 Å². The van der Waals surface area contributed by atoms with Gasteiger partial charge in [0.25, 0.3) is 5.91 Å². The molecule has 0 aliphatic rings. The molecule has 0 atom stereocenters. The highest BCUT2D eigenvalue weighted by Gasteiger charge is 2.33. The van der Waals surface area contributed by atoms with Crippen LogP contribution in [0.1, 0.15) is 21.6 Å². The van der Waals surface area contributed by atoms with Crippen molar-refractivity contribution in [2.24, 2.45) is 0 Å². The van der Waals surface area contributed by atoms with Crippen LogP contribution in [-0.4, -0.2) is 23.7 Å². The zero-order valence-electron chi connectivity index (χ0n) is 13.2. The fourth-order valence-corrected chi connectivity index (χ4v) is 1.89. The van der Waals surface area contributed by atoms with Crippen LogP contribution >= 0.6 is 0 Å². The number of rotatable bonds is 4. The number of nitrogens with zero attached hydrogens (tertiary/aromatic N) is 1. The zero-order valence-corrected chi connectivity index (χ0v) is 13.2. The van der Waals surface area contributed by atoms with Crippen molar-refractivity contribution in [3.05, 3.63) is 53.3 Å². The minimum atomic E-state index is -4.74. The minimum absolute atomic E-state index is 0.0229. The van der Waals surface area contributed by atoms with E-state index in [1.165, 1.54) is 18.3 Å². The van der Waals surface area contributed by atoms with Gasteiger partial charge < -0.3 is 10.1 Å². The average Bonchev–Trinajstić information content (AvgIpc) is 2.52. The number of halogens is 6. The first-order chi connectivity index (χ1) is 12.0. The van der Waals surface area contributed by atoms with E-state index < -0.39 is 41.9 Å². The number of carbonyl (C=O) groups excluding carboxylic acids is 1. The van der Waals surface area contributed by atoms with E-state index in [0.29, 0.717) is 17.8 Å². The van der Waals surface area contributed by atoms with Gasteiger partial charge in [0.1, 0.15) is 5.75 Å². The van der Waals surface area contributed by atoms with Crippen molar-refractivity contribution in [2.45, 2.75) is 19.3 Å². The Morgan fingerprint density at radius 1 is 1.12 bits per heavy atom. The maximum atomic E-state index is 12.8. The van der Waals surface area contributed by atoms with Crippen LogP contribution < -0.4 is 10.1 Å². The molecule has 1 N–H and O–H groups in total. The molecule has 0 saturated heterocycles. The molecule has 10 heteroatoms. The molecule has 0 bridgehead atoms. The molecular weight excluding hydrogens is 366 g/mol. The quantitative estimate of drug-likeness (QED) is 0.791. The molecule has 4 nitrogen and oxygen atoms in total. The van der Waals surface area contributed by atoms with Crippen LogP contribution in [0.5, 0.6) is 5.75 Å². The molecule has 1 amide bonds. The maximum absolute atomic E-state index is 12.8. The second kappa shape index (κ2) is 7.22. The van der Waals surface area contributed by atoms with Gasteiger partial charge in [0.05, 0.1) is 16.8 Å². The van der Waals surface area contributed by atoms with Gasteiger partial charge in [0, 0.05) is 11.9 Å². The number of alkyl halides is 6. The summed E-state index contributed by atoms with van der Waals surface area (Å²) in [6, 6.07) is 4.67. The Kier molecular flexibility index (Phi) is 5.43. The minimum Gasteiger partial charge on any atom is -0.482 e. The first kappa shape index (κ1) is 19.5. The first-order valence-electron chi connectivity index (χ1n) is 7.10. The number of hydrogen-bond donors (Lipinski definition) is 1. The number of nitrogens with one attached hydrogen (secondary N) is 1. The Balaban J connectivity index is 2.32. The molecule has 0 aliphatic heterocycles. The van der Waals surface area contributed by atoms with E-state index in [0.717, 1.165) is 6.07 Å². The Morgan fingerprint density at radius 2 is 1.81 bits per heavy atom. The van der Waals surface area contributed by atoms with Gasteiger partial charge in [-0.2, -0.15) is 26.3 Å². The standard InChI is InChI=1S/C16H12F6N2O2/c1-9-2-3-10(7-23-9)14(25)24-12-6-11(16(20,21)22)4-5-13(12)26-8-15(17,18)19/h2-7H,8H2,1H3,(H,24,25). The molecule has 0 radical (unpaired) electrons. The third-order valence-corrected chi connectivity index (χ3v) is 3.12. The summed E-state index contributed by atoms with van der Waals surface area (Å²) in [6.07, 6.45) is -8.24. The predicted octanol–water partition coefficient (Wildman–Crippen LogP) is 4.60. The fourth-order valence-electron chi connectivity index (χ4n) is 1.89. The molecule has 140 valence electrons. The third kappa shape index (κ3) is 5.36. The van der Waals surface area contributed by atoms with Gasteiger partial charge in [-0.15, -0.1) is 0 Å². The van der Waals surface area contributed by atoms with Crippen molar-refractivity contribution in [3.8, 4) is 5.75 Å². The Hall–Kier alpha value is -2.78. The van der Waals surface area contributed by atoms with Gasteiger partial charge >= 0.3 is 12.4 Å². The number of benzene rings is 1. The molecule has 2 aromatic rings. The van der Waals surface area contributed by atoms with Crippen molar-refractivity contribution < 1.29 is 35.9 Å². The third-order valence-electron chi connectivity index (χ3n) is 3.12. The molecule has 0 unspecified atom stereocenters. The lowest BCUT2D eigenvalue weighted by Crippen LogP contribution is -2.21. The van der Waals surface area contributed by atoms with Crippen molar-refractivity contribution in [1.29, 1.82) is 0 Å². The summed E-state index contributed by atoms with van der Waals surface area (Å²) in [5.74, 6) is -1.38. The van der Waals surface area contributed by atoms with E-state index >= 15 is 0 Å². The molecule has 1 heterocycles. The normalized spacial score (nSPS) is 12.0. The summed E-state index contributed by atoms with van der Waals surface area (Å²) in [6.45, 7) is -0.0507. The van der Waals surface area contributed by atoms with E-state index in [4.69, 9.17) is 0 Å². The highest BCUT2D eigenvalue weighted by molar-refractivity contribution is 6.04. The summed E-state index contributed by atoms with van der Waals surface area (Å²) in [5, 5.41) is 2.12. The SMILES string of the molecule is Cc1ccc(C(=O)Nc2cc(C(F)(F)F)ccc2OCC(F)(F)F)cn1. The van der Waals surface area contributed by atoms with Crippen molar-refractivity contribution in [3.63, 3.8) is 0 Å². The number of aryl methyl sites for hydroxylation is 1. The number of amides is 1. The lowest BCUT2D eigenvalue weighted by atomic mass is 10.1. The van der Waals surface area contributed by atoms with Crippen LogP contribution in [0.15, 0.2) is 36.5 Å². The number of aromatic nitrogens is 1. The molecule has 2 rings (SSSR count). The maximum Gasteiger partial charge on any atom is 0.422 e. The molecule has 0 aliphatic carbocycles. The van der Waals surface area contributed by atoms with Gasteiger partial charge in [-0.25, -0.2) is 0 Å². The lowest BCUT2D eigenvalue weighted by molar-refractivity contribution is -0.153. The summed E-state index contributed by atoms with van der Waals surface area (Å²) >= 11 is 0. The van der Waals surface area contributed by atoms with Gasteiger partial charge in [-0.05, 0) is 37.3 Å². The Labute approximate surface area is 143 Å². The predicted molar refractivity (Wildman–Crippen MR) is 79.9 cm³/mol. The second-order valence-electron chi connectivity index (χ2n) is 5.25. The summed E-state index contributed by atoms with van der Waals surface area (Å²) in [4.78, 5) is 16.0. The van der Waals surface area contributed by atoms with Crippen molar-refractivity contribution in [2.75, 3.05) is 11.9 Å². The summed E-state index contributed by atoms with van der Waals surface area (Å²) in [5.41, 5.74) is -1.05. The van der Waals surface area contributed by atoms with Crippen molar-refractivity contribution in [1.82, 2.24) is 4.98 Å². The van der Waals surface area contributed by atoms with E-state index in [1.54, 1.807) is 6.92 Å². The van der Waals surface area contributed by atoms with Crippen molar-refractivity contribution >= 4 is 11.6 Å². The molecule has 26 heavy (non-hydrogen) atoms. The van der Waals surface area contributed by atoms with E-state index in [2.05, 4.69) is 15.0 Å². The Morgan fingerprint density at radius 3 is 2.35 bits per heavy atom. The molecule has 0 saturated carbocycles. The monoisotopic (exact) mass is 378 g/mol. The second-order valence-corrected chi connectivity index (χ2v) is 5.25.